The largest absolute Gasteiger partial charge is 0.380 e. The standard InChI is InChI=1S/C13H17F2NO/c1-10-2-4-17-5-3-16(10)9-11-6-12(14)8-13(15)7-11/h6-8,10H,2-5,9H2,1H3. The Bertz CT molecular complexity index is 363. The Hall–Kier alpha value is -1.00. The molecule has 1 saturated heterocycles. The van der Waals surface area contributed by atoms with Crippen LogP contribution in [0.2, 0.25) is 0 Å². The first-order valence-corrected chi connectivity index (χ1v) is 5.92. The molecular formula is C13H17F2NO. The topological polar surface area (TPSA) is 12.5 Å². The highest BCUT2D eigenvalue weighted by atomic mass is 19.1. The minimum Gasteiger partial charge on any atom is -0.380 e. The highest BCUT2D eigenvalue weighted by Gasteiger charge is 2.17. The third kappa shape index (κ3) is 3.48. The van der Waals surface area contributed by atoms with E-state index in [9.17, 15) is 8.78 Å². The Balaban J connectivity index is 2.07. The van der Waals surface area contributed by atoms with E-state index in [-0.39, 0.29) is 0 Å². The van der Waals surface area contributed by atoms with Crippen LogP contribution in [0.3, 0.4) is 0 Å². The van der Waals surface area contributed by atoms with Gasteiger partial charge in [-0.25, -0.2) is 8.78 Å². The lowest BCUT2D eigenvalue weighted by Crippen LogP contribution is -2.33. The summed E-state index contributed by atoms with van der Waals surface area (Å²) in [4.78, 5) is 2.20. The van der Waals surface area contributed by atoms with Gasteiger partial charge in [-0.1, -0.05) is 0 Å². The van der Waals surface area contributed by atoms with E-state index >= 15 is 0 Å². The van der Waals surface area contributed by atoms with Crippen molar-refractivity contribution in [3.8, 4) is 0 Å². The molecule has 0 aliphatic carbocycles. The van der Waals surface area contributed by atoms with Crippen molar-refractivity contribution < 1.29 is 13.5 Å². The van der Waals surface area contributed by atoms with Gasteiger partial charge in [0.15, 0.2) is 0 Å². The summed E-state index contributed by atoms with van der Waals surface area (Å²) in [5.74, 6) is -1.03. The fourth-order valence-electron chi connectivity index (χ4n) is 2.11. The lowest BCUT2D eigenvalue weighted by Gasteiger charge is -2.26. The second kappa shape index (κ2) is 5.56. The van der Waals surface area contributed by atoms with Crippen LogP contribution in [0, 0.1) is 11.6 Å². The number of halogens is 2. The van der Waals surface area contributed by atoms with E-state index in [1.54, 1.807) is 0 Å². The summed E-state index contributed by atoms with van der Waals surface area (Å²) >= 11 is 0. The Kier molecular flexibility index (Phi) is 4.07. The Morgan fingerprint density at radius 1 is 1.24 bits per heavy atom. The first kappa shape index (κ1) is 12.5. The van der Waals surface area contributed by atoms with E-state index in [4.69, 9.17) is 4.74 Å². The maximum atomic E-state index is 13.1. The number of benzene rings is 1. The van der Waals surface area contributed by atoms with Crippen LogP contribution in [0.1, 0.15) is 18.9 Å². The predicted octanol–water partition coefficient (Wildman–Crippen LogP) is 2.58. The summed E-state index contributed by atoms with van der Waals surface area (Å²) < 4.78 is 31.5. The molecule has 1 aliphatic heterocycles. The first-order chi connectivity index (χ1) is 8.15. The van der Waals surface area contributed by atoms with Crippen LogP contribution in [-0.4, -0.2) is 30.7 Å². The lowest BCUT2D eigenvalue weighted by molar-refractivity contribution is 0.139. The van der Waals surface area contributed by atoms with E-state index in [1.165, 1.54) is 12.1 Å². The minimum absolute atomic E-state index is 0.379. The van der Waals surface area contributed by atoms with Crippen molar-refractivity contribution in [2.24, 2.45) is 0 Å². The molecule has 0 saturated carbocycles. The predicted molar refractivity (Wildman–Crippen MR) is 61.7 cm³/mol. The first-order valence-electron chi connectivity index (χ1n) is 5.92. The smallest absolute Gasteiger partial charge is 0.126 e. The van der Waals surface area contributed by atoms with Gasteiger partial charge in [0.05, 0.1) is 6.61 Å². The summed E-state index contributed by atoms with van der Waals surface area (Å²) in [6.45, 7) is 4.93. The molecule has 1 aromatic rings. The van der Waals surface area contributed by atoms with Gasteiger partial charge in [-0.3, -0.25) is 4.90 Å². The number of ether oxygens (including phenoxy) is 1. The Morgan fingerprint density at radius 3 is 2.65 bits per heavy atom. The summed E-state index contributed by atoms with van der Waals surface area (Å²) in [5, 5.41) is 0. The van der Waals surface area contributed by atoms with Gasteiger partial charge in [0.1, 0.15) is 11.6 Å². The van der Waals surface area contributed by atoms with Gasteiger partial charge >= 0.3 is 0 Å². The monoisotopic (exact) mass is 241 g/mol. The average Bonchev–Trinajstić information content (AvgIpc) is 2.43. The van der Waals surface area contributed by atoms with Gasteiger partial charge in [-0.15, -0.1) is 0 Å². The Labute approximate surface area is 100 Å². The fraction of sp³-hybridized carbons (Fsp3) is 0.538. The summed E-state index contributed by atoms with van der Waals surface area (Å²) in [6.07, 6.45) is 0.956. The molecule has 0 aromatic heterocycles. The van der Waals surface area contributed by atoms with Crippen LogP contribution in [0.25, 0.3) is 0 Å². The van der Waals surface area contributed by atoms with E-state index in [2.05, 4.69) is 11.8 Å². The van der Waals surface area contributed by atoms with Crippen molar-refractivity contribution in [2.75, 3.05) is 19.8 Å². The van der Waals surface area contributed by atoms with Crippen molar-refractivity contribution in [2.45, 2.75) is 25.9 Å². The van der Waals surface area contributed by atoms with Crippen molar-refractivity contribution in [3.63, 3.8) is 0 Å². The number of rotatable bonds is 2. The van der Waals surface area contributed by atoms with Crippen LogP contribution in [0.4, 0.5) is 8.78 Å². The van der Waals surface area contributed by atoms with E-state index < -0.39 is 11.6 Å². The Morgan fingerprint density at radius 2 is 1.94 bits per heavy atom. The summed E-state index contributed by atoms with van der Waals surface area (Å²) in [7, 11) is 0. The van der Waals surface area contributed by atoms with Gasteiger partial charge in [0.2, 0.25) is 0 Å². The molecule has 0 bridgehead atoms. The van der Waals surface area contributed by atoms with Gasteiger partial charge in [0.25, 0.3) is 0 Å². The molecule has 1 heterocycles. The SMILES string of the molecule is CC1CCOCCN1Cc1cc(F)cc(F)c1. The number of hydrogen-bond donors (Lipinski definition) is 0. The van der Waals surface area contributed by atoms with Crippen molar-refractivity contribution in [3.05, 3.63) is 35.4 Å². The molecule has 1 unspecified atom stereocenters. The van der Waals surface area contributed by atoms with Crippen LogP contribution in [0.5, 0.6) is 0 Å². The molecule has 2 rings (SSSR count). The second-order valence-electron chi connectivity index (χ2n) is 4.50. The maximum Gasteiger partial charge on any atom is 0.126 e. The quantitative estimate of drug-likeness (QED) is 0.789. The van der Waals surface area contributed by atoms with Gasteiger partial charge in [-0.2, -0.15) is 0 Å². The van der Waals surface area contributed by atoms with Crippen LogP contribution >= 0.6 is 0 Å². The zero-order chi connectivity index (χ0) is 12.3. The molecule has 4 heteroatoms. The van der Waals surface area contributed by atoms with E-state index in [0.29, 0.717) is 24.8 Å². The molecule has 1 atom stereocenters. The number of nitrogens with zero attached hydrogens (tertiary/aromatic N) is 1. The summed E-state index contributed by atoms with van der Waals surface area (Å²) in [6, 6.07) is 4.06. The van der Waals surface area contributed by atoms with E-state index in [0.717, 1.165) is 25.6 Å². The molecule has 0 radical (unpaired) electrons. The fourth-order valence-corrected chi connectivity index (χ4v) is 2.11. The molecule has 0 N–H and O–H groups in total. The number of hydrogen-bond acceptors (Lipinski definition) is 2. The third-order valence-corrected chi connectivity index (χ3v) is 3.13. The molecule has 2 nitrogen and oxygen atoms in total. The van der Waals surface area contributed by atoms with Crippen LogP contribution in [0.15, 0.2) is 18.2 Å². The van der Waals surface area contributed by atoms with Crippen molar-refractivity contribution in [1.82, 2.24) is 4.90 Å². The normalized spacial score (nSPS) is 22.4. The molecule has 1 aliphatic rings. The van der Waals surface area contributed by atoms with E-state index in [1.807, 2.05) is 0 Å². The summed E-state index contributed by atoms with van der Waals surface area (Å²) in [5.41, 5.74) is 0.677. The molecule has 94 valence electrons. The van der Waals surface area contributed by atoms with Crippen LogP contribution < -0.4 is 0 Å². The third-order valence-electron chi connectivity index (χ3n) is 3.13. The zero-order valence-electron chi connectivity index (χ0n) is 9.96. The molecule has 0 spiro atoms. The van der Waals surface area contributed by atoms with Crippen molar-refractivity contribution in [1.29, 1.82) is 0 Å². The molecule has 1 aromatic carbocycles. The highest BCUT2D eigenvalue weighted by molar-refractivity contribution is 5.17. The van der Waals surface area contributed by atoms with Crippen molar-refractivity contribution >= 4 is 0 Å². The zero-order valence-corrected chi connectivity index (χ0v) is 9.96. The maximum absolute atomic E-state index is 13.1. The lowest BCUT2D eigenvalue weighted by atomic mass is 10.1. The average molecular weight is 241 g/mol. The minimum atomic E-state index is -0.515. The van der Waals surface area contributed by atoms with Gasteiger partial charge in [-0.05, 0) is 31.0 Å². The highest BCUT2D eigenvalue weighted by Crippen LogP contribution is 2.15. The van der Waals surface area contributed by atoms with Gasteiger partial charge < -0.3 is 4.74 Å². The van der Waals surface area contributed by atoms with Gasteiger partial charge in [0, 0.05) is 31.8 Å². The molecule has 0 amide bonds. The second-order valence-corrected chi connectivity index (χ2v) is 4.50. The molecule has 1 fully saturated rings. The van der Waals surface area contributed by atoms with Crippen LogP contribution in [-0.2, 0) is 11.3 Å². The molecule has 17 heavy (non-hydrogen) atoms. The molecular weight excluding hydrogens is 224 g/mol.